The summed E-state index contributed by atoms with van der Waals surface area (Å²) in [5.74, 6) is 0.602. The lowest BCUT2D eigenvalue weighted by Gasteiger charge is -2.06. The molecule has 0 atom stereocenters. The van der Waals surface area contributed by atoms with Gasteiger partial charge < -0.3 is 15.2 Å². The number of carbonyl (C=O) groups is 1. The van der Waals surface area contributed by atoms with Crippen molar-refractivity contribution >= 4 is 33.3 Å². The molecule has 3 aromatic rings. The zero-order valence-electron chi connectivity index (χ0n) is 12.0. The normalized spacial score (nSPS) is 10.6. The highest BCUT2D eigenvalue weighted by Gasteiger charge is 2.11. The number of methoxy groups -OCH3 is 1. The fourth-order valence-electron chi connectivity index (χ4n) is 2.05. The Hall–Kier alpha value is -2.67. The first-order chi connectivity index (χ1) is 10.6. The zero-order chi connectivity index (χ0) is 15.7. The topological polar surface area (TPSA) is 84.3 Å². The third-order valence-corrected chi connectivity index (χ3v) is 3.80. The van der Waals surface area contributed by atoms with Crippen molar-refractivity contribution in [3.05, 3.63) is 29.6 Å². The predicted octanol–water partition coefficient (Wildman–Crippen LogP) is 3.03. The van der Waals surface area contributed by atoms with Crippen molar-refractivity contribution < 1.29 is 14.6 Å². The van der Waals surface area contributed by atoms with E-state index in [-0.39, 0.29) is 11.7 Å². The molecule has 0 aliphatic carbocycles. The number of aromatic nitrogens is 2. The van der Waals surface area contributed by atoms with E-state index in [2.05, 4.69) is 15.3 Å². The summed E-state index contributed by atoms with van der Waals surface area (Å²) >= 11 is 1.30. The quantitative estimate of drug-likeness (QED) is 0.776. The molecule has 0 unspecified atom stereocenters. The molecule has 3 rings (SSSR count). The molecule has 2 N–H and O–H groups in total. The van der Waals surface area contributed by atoms with Crippen molar-refractivity contribution in [3.8, 4) is 22.9 Å². The predicted molar refractivity (Wildman–Crippen MR) is 85.4 cm³/mol. The number of hydrogen-bond donors (Lipinski definition) is 2. The Morgan fingerprint density at radius 2 is 2.09 bits per heavy atom. The number of benzene rings is 1. The molecule has 2 heterocycles. The number of hydrogen-bond acceptors (Lipinski definition) is 6. The molecular formula is C15H13N3O3S. The first-order valence-electron chi connectivity index (χ1n) is 6.48. The summed E-state index contributed by atoms with van der Waals surface area (Å²) in [6, 6.07) is 6.83. The molecule has 0 fully saturated rings. The second-order valence-corrected chi connectivity index (χ2v) is 5.49. The average Bonchev–Trinajstić information content (AvgIpc) is 2.94. The van der Waals surface area contributed by atoms with Gasteiger partial charge in [-0.25, -0.2) is 9.97 Å². The lowest BCUT2D eigenvalue weighted by molar-refractivity contribution is -0.114. The third-order valence-electron chi connectivity index (χ3n) is 3.04. The number of aromatic hydroxyl groups is 1. The van der Waals surface area contributed by atoms with Gasteiger partial charge in [-0.05, 0) is 12.1 Å². The molecule has 0 bridgehead atoms. The molecular weight excluding hydrogens is 302 g/mol. The van der Waals surface area contributed by atoms with Gasteiger partial charge in [0.1, 0.15) is 17.2 Å². The number of thiazole rings is 1. The number of fused-ring (bicyclic) bond motifs is 1. The minimum atomic E-state index is -0.181. The zero-order valence-corrected chi connectivity index (χ0v) is 12.8. The molecule has 0 saturated heterocycles. The lowest BCUT2D eigenvalue weighted by Crippen LogP contribution is -2.05. The van der Waals surface area contributed by atoms with Gasteiger partial charge >= 0.3 is 0 Å². The van der Waals surface area contributed by atoms with E-state index in [0.29, 0.717) is 33.2 Å². The molecule has 0 aliphatic heterocycles. The molecule has 7 heteroatoms. The second kappa shape index (κ2) is 5.61. The lowest BCUT2D eigenvalue weighted by atomic mass is 10.1. The number of nitrogens with one attached hydrogen (secondary N) is 1. The van der Waals surface area contributed by atoms with E-state index in [4.69, 9.17) is 4.74 Å². The fraction of sp³-hybridized carbons (Fsp3) is 0.133. The summed E-state index contributed by atoms with van der Waals surface area (Å²) in [5, 5.41) is 15.7. The van der Waals surface area contributed by atoms with Crippen LogP contribution in [0.2, 0.25) is 0 Å². The molecule has 0 aliphatic rings. The van der Waals surface area contributed by atoms with Gasteiger partial charge in [0.25, 0.3) is 0 Å². The summed E-state index contributed by atoms with van der Waals surface area (Å²) in [6.07, 6.45) is 0. The first kappa shape index (κ1) is 14.3. The van der Waals surface area contributed by atoms with Crippen LogP contribution in [0.25, 0.3) is 22.3 Å². The third kappa shape index (κ3) is 2.71. The van der Waals surface area contributed by atoms with Crippen LogP contribution in [-0.4, -0.2) is 28.1 Å². The smallest absolute Gasteiger partial charge is 0.223 e. The monoisotopic (exact) mass is 315 g/mol. The molecule has 0 saturated carbocycles. The molecule has 112 valence electrons. The summed E-state index contributed by atoms with van der Waals surface area (Å²) in [4.78, 5) is 19.8. The number of rotatable bonds is 3. The molecule has 1 amide bonds. The summed E-state index contributed by atoms with van der Waals surface area (Å²) in [6.45, 7) is 1.42. The van der Waals surface area contributed by atoms with E-state index < -0.39 is 0 Å². The van der Waals surface area contributed by atoms with E-state index in [1.54, 1.807) is 36.8 Å². The Balaban J connectivity index is 2.06. The van der Waals surface area contributed by atoms with Crippen LogP contribution in [-0.2, 0) is 4.79 Å². The maximum atomic E-state index is 11.0. The molecule has 6 nitrogen and oxygen atoms in total. The molecule has 0 spiro atoms. The van der Waals surface area contributed by atoms with Crippen LogP contribution in [0.5, 0.6) is 11.5 Å². The van der Waals surface area contributed by atoms with Gasteiger partial charge in [-0.2, -0.15) is 0 Å². The second-order valence-electron chi connectivity index (χ2n) is 4.63. The van der Waals surface area contributed by atoms with Gasteiger partial charge in [-0.15, -0.1) is 11.3 Å². The van der Waals surface area contributed by atoms with E-state index >= 15 is 0 Å². The van der Waals surface area contributed by atoms with Crippen LogP contribution < -0.4 is 10.1 Å². The SMILES string of the molecule is COc1ccc2c(O)cc(-c3csc(NC(C)=O)n3)nc2c1. The number of amides is 1. The highest BCUT2D eigenvalue weighted by molar-refractivity contribution is 7.14. The van der Waals surface area contributed by atoms with E-state index in [1.807, 2.05) is 0 Å². The number of nitrogens with zero attached hydrogens (tertiary/aromatic N) is 2. The molecule has 2 aromatic heterocycles. The van der Waals surface area contributed by atoms with Crippen molar-refractivity contribution in [2.75, 3.05) is 12.4 Å². The first-order valence-corrected chi connectivity index (χ1v) is 7.36. The van der Waals surface area contributed by atoms with Crippen molar-refractivity contribution in [2.45, 2.75) is 6.92 Å². The van der Waals surface area contributed by atoms with Crippen LogP contribution in [0.4, 0.5) is 5.13 Å². The van der Waals surface area contributed by atoms with Gasteiger partial charge in [0.2, 0.25) is 5.91 Å². The van der Waals surface area contributed by atoms with Crippen molar-refractivity contribution in [2.24, 2.45) is 0 Å². The summed E-state index contributed by atoms with van der Waals surface area (Å²) in [7, 11) is 1.57. The Morgan fingerprint density at radius 3 is 2.82 bits per heavy atom. The number of pyridine rings is 1. The fourth-order valence-corrected chi connectivity index (χ4v) is 2.80. The number of anilines is 1. The highest BCUT2D eigenvalue weighted by Crippen LogP contribution is 2.32. The molecule has 0 radical (unpaired) electrons. The van der Waals surface area contributed by atoms with Crippen molar-refractivity contribution in [1.82, 2.24) is 9.97 Å². The summed E-state index contributed by atoms with van der Waals surface area (Å²) < 4.78 is 5.17. The van der Waals surface area contributed by atoms with E-state index in [1.165, 1.54) is 18.3 Å². The van der Waals surface area contributed by atoms with Crippen LogP contribution in [0.1, 0.15) is 6.92 Å². The number of ether oxygens (including phenoxy) is 1. The standard InChI is InChI=1S/C15H13N3O3S/c1-8(19)16-15-18-13(7-22-15)12-6-14(20)10-4-3-9(21-2)5-11(10)17-12/h3-7H,1-2H3,(H,17,20)(H,16,18,19). The van der Waals surface area contributed by atoms with Crippen LogP contribution in [0.15, 0.2) is 29.6 Å². The van der Waals surface area contributed by atoms with E-state index in [0.717, 1.165) is 0 Å². The van der Waals surface area contributed by atoms with Gasteiger partial charge in [0.05, 0.1) is 18.3 Å². The maximum Gasteiger partial charge on any atom is 0.223 e. The van der Waals surface area contributed by atoms with Crippen molar-refractivity contribution in [1.29, 1.82) is 0 Å². The largest absolute Gasteiger partial charge is 0.507 e. The summed E-state index contributed by atoms with van der Waals surface area (Å²) in [5.41, 5.74) is 1.74. The molecule has 1 aromatic carbocycles. The Bertz CT molecular complexity index is 860. The van der Waals surface area contributed by atoms with Crippen LogP contribution in [0, 0.1) is 0 Å². The maximum absolute atomic E-state index is 11.0. The van der Waals surface area contributed by atoms with Crippen molar-refractivity contribution in [3.63, 3.8) is 0 Å². The van der Waals surface area contributed by atoms with Gasteiger partial charge in [0.15, 0.2) is 5.13 Å². The highest BCUT2D eigenvalue weighted by atomic mass is 32.1. The van der Waals surface area contributed by atoms with Crippen LogP contribution in [0.3, 0.4) is 0 Å². The Kier molecular flexibility index (Phi) is 3.64. The minimum absolute atomic E-state index is 0.122. The Labute approximate surface area is 130 Å². The number of carbonyl (C=O) groups excluding carboxylic acids is 1. The average molecular weight is 315 g/mol. The van der Waals surface area contributed by atoms with E-state index in [9.17, 15) is 9.90 Å². The van der Waals surface area contributed by atoms with Gasteiger partial charge in [0, 0.05) is 29.8 Å². The van der Waals surface area contributed by atoms with Gasteiger partial charge in [-0.1, -0.05) is 0 Å². The Morgan fingerprint density at radius 1 is 1.27 bits per heavy atom. The molecule has 22 heavy (non-hydrogen) atoms. The minimum Gasteiger partial charge on any atom is -0.507 e. The van der Waals surface area contributed by atoms with Crippen LogP contribution >= 0.6 is 11.3 Å². The van der Waals surface area contributed by atoms with Gasteiger partial charge in [-0.3, -0.25) is 4.79 Å².